The van der Waals surface area contributed by atoms with Gasteiger partial charge in [0.25, 0.3) is 0 Å². The van der Waals surface area contributed by atoms with Gasteiger partial charge in [-0.05, 0) is 19.1 Å². The van der Waals surface area contributed by atoms with Crippen molar-refractivity contribution in [1.29, 1.82) is 0 Å². The van der Waals surface area contributed by atoms with Crippen molar-refractivity contribution in [2.75, 3.05) is 6.54 Å². The summed E-state index contributed by atoms with van der Waals surface area (Å²) in [5.74, 6) is -1.32. The van der Waals surface area contributed by atoms with E-state index in [1.807, 2.05) is 36.6 Å². The molecule has 0 saturated heterocycles. The fraction of sp³-hybridized carbons (Fsp3) is 0.100. The summed E-state index contributed by atoms with van der Waals surface area (Å²) in [6.07, 6.45) is 2.86. The van der Waals surface area contributed by atoms with E-state index in [-0.39, 0.29) is 5.56 Å². The molecule has 1 heterocycles. The third kappa shape index (κ3) is 3.86. The maximum atomic E-state index is 13.9. The molecule has 0 spiro atoms. The van der Waals surface area contributed by atoms with Gasteiger partial charge in [0, 0.05) is 10.9 Å². The lowest BCUT2D eigenvalue weighted by atomic mass is 10.1. The van der Waals surface area contributed by atoms with Crippen LogP contribution in [-0.4, -0.2) is 17.4 Å². The summed E-state index contributed by atoms with van der Waals surface area (Å²) in [7, 11) is 0. The number of nitrogens with zero attached hydrogens (tertiary/aromatic N) is 3. The van der Waals surface area contributed by atoms with Crippen LogP contribution in [0.3, 0.4) is 0 Å². The minimum atomic E-state index is -0.661. The van der Waals surface area contributed by atoms with Crippen LogP contribution in [0.4, 0.5) is 8.78 Å². The van der Waals surface area contributed by atoms with Crippen LogP contribution < -0.4 is 4.80 Å². The molecule has 0 bridgehead atoms. The van der Waals surface area contributed by atoms with E-state index in [1.54, 1.807) is 10.8 Å². The van der Waals surface area contributed by atoms with Gasteiger partial charge in [-0.1, -0.05) is 42.0 Å². The summed E-state index contributed by atoms with van der Waals surface area (Å²) in [5.41, 5.74) is 2.70. The Hall–Kier alpha value is -2.86. The van der Waals surface area contributed by atoms with Gasteiger partial charge in [-0.2, -0.15) is 5.10 Å². The Morgan fingerprint density at radius 1 is 1.12 bits per heavy atom. The number of thiazole rings is 1. The molecule has 0 atom stereocenters. The van der Waals surface area contributed by atoms with Gasteiger partial charge in [0.15, 0.2) is 0 Å². The monoisotopic (exact) mass is 369 g/mol. The smallest absolute Gasteiger partial charge is 0.206 e. The van der Waals surface area contributed by atoms with Gasteiger partial charge in [-0.15, -0.1) is 17.9 Å². The molecule has 1 aromatic heterocycles. The van der Waals surface area contributed by atoms with Gasteiger partial charge >= 0.3 is 0 Å². The number of aromatic nitrogens is 1. The first-order chi connectivity index (χ1) is 12.6. The molecule has 0 fully saturated rings. The normalized spacial score (nSPS) is 12.0. The summed E-state index contributed by atoms with van der Waals surface area (Å²) in [6.45, 7) is 6.10. The maximum Gasteiger partial charge on any atom is 0.206 e. The standard InChI is InChI=1S/C20H17F2N3S/c1-3-11-23-20-25(24-12-16-17(21)5-4-6-18(16)22)19(13-26-20)15-9-7-14(2)8-10-15/h3-10,12-13H,1,11H2,2H3. The predicted molar refractivity (Wildman–Crippen MR) is 102 cm³/mol. The Kier molecular flexibility index (Phi) is 5.53. The van der Waals surface area contributed by atoms with E-state index in [0.717, 1.165) is 16.8 Å². The van der Waals surface area contributed by atoms with Crippen LogP contribution in [-0.2, 0) is 0 Å². The van der Waals surface area contributed by atoms with Gasteiger partial charge in [-0.25, -0.2) is 13.5 Å². The first kappa shape index (κ1) is 17.9. The van der Waals surface area contributed by atoms with Gasteiger partial charge in [0.05, 0.1) is 24.0 Å². The number of hydrogen-bond donors (Lipinski definition) is 0. The summed E-state index contributed by atoms with van der Waals surface area (Å²) in [5, 5.41) is 6.22. The molecule has 0 N–H and O–H groups in total. The minimum Gasteiger partial charge on any atom is -0.253 e. The zero-order valence-corrected chi connectivity index (χ0v) is 15.0. The van der Waals surface area contributed by atoms with Crippen LogP contribution in [0.2, 0.25) is 0 Å². The Morgan fingerprint density at radius 3 is 2.46 bits per heavy atom. The molecule has 3 nitrogen and oxygen atoms in total. The summed E-state index contributed by atoms with van der Waals surface area (Å²) >= 11 is 1.41. The average molecular weight is 369 g/mol. The molecule has 3 rings (SSSR count). The van der Waals surface area contributed by atoms with E-state index in [1.165, 1.54) is 35.8 Å². The van der Waals surface area contributed by atoms with Crippen molar-refractivity contribution in [2.45, 2.75) is 6.92 Å². The van der Waals surface area contributed by atoms with Crippen LogP contribution in [0.1, 0.15) is 11.1 Å². The number of benzene rings is 2. The van der Waals surface area contributed by atoms with E-state index in [2.05, 4.69) is 16.7 Å². The first-order valence-electron chi connectivity index (χ1n) is 7.97. The quantitative estimate of drug-likeness (QED) is 0.458. The zero-order chi connectivity index (χ0) is 18.5. The molecule has 0 radical (unpaired) electrons. The minimum absolute atomic E-state index is 0.185. The largest absolute Gasteiger partial charge is 0.253 e. The second-order valence-electron chi connectivity index (χ2n) is 5.59. The van der Waals surface area contributed by atoms with E-state index >= 15 is 0 Å². The maximum absolute atomic E-state index is 13.9. The Balaban J connectivity index is 2.11. The molecule has 3 aromatic rings. The molecule has 0 saturated carbocycles. The Morgan fingerprint density at radius 2 is 1.81 bits per heavy atom. The molecule has 0 amide bonds. The van der Waals surface area contributed by atoms with Crippen LogP contribution in [0.25, 0.3) is 11.3 Å². The van der Waals surface area contributed by atoms with E-state index in [4.69, 9.17) is 0 Å². The second kappa shape index (κ2) is 8.01. The van der Waals surface area contributed by atoms with Crippen LogP contribution in [0, 0.1) is 18.6 Å². The lowest BCUT2D eigenvalue weighted by Gasteiger charge is -2.04. The average Bonchev–Trinajstić information content (AvgIpc) is 3.03. The number of halogens is 2. The topological polar surface area (TPSA) is 29.6 Å². The lowest BCUT2D eigenvalue weighted by Crippen LogP contribution is -2.13. The van der Waals surface area contributed by atoms with Crippen LogP contribution >= 0.6 is 11.3 Å². The summed E-state index contributed by atoms with van der Waals surface area (Å²) < 4.78 is 29.3. The van der Waals surface area contributed by atoms with Crippen molar-refractivity contribution in [3.05, 3.63) is 88.1 Å². The van der Waals surface area contributed by atoms with Crippen molar-refractivity contribution < 1.29 is 8.78 Å². The lowest BCUT2D eigenvalue weighted by molar-refractivity contribution is 0.579. The second-order valence-corrected chi connectivity index (χ2v) is 6.43. The number of aryl methyl sites for hydroxylation is 1. The molecule has 26 heavy (non-hydrogen) atoms. The molecule has 0 aliphatic rings. The fourth-order valence-electron chi connectivity index (χ4n) is 2.33. The van der Waals surface area contributed by atoms with Crippen molar-refractivity contribution in [2.24, 2.45) is 10.1 Å². The third-order valence-corrected chi connectivity index (χ3v) is 4.54. The molecule has 0 aliphatic carbocycles. The molecular weight excluding hydrogens is 352 g/mol. The van der Waals surface area contributed by atoms with Gasteiger partial charge in [0.2, 0.25) is 4.80 Å². The highest BCUT2D eigenvalue weighted by Gasteiger charge is 2.09. The van der Waals surface area contributed by atoms with E-state index < -0.39 is 11.6 Å². The van der Waals surface area contributed by atoms with Crippen molar-refractivity contribution in [3.8, 4) is 11.3 Å². The number of rotatable bonds is 5. The highest BCUT2D eigenvalue weighted by atomic mass is 32.1. The molecule has 0 unspecified atom stereocenters. The third-order valence-electron chi connectivity index (χ3n) is 3.69. The first-order valence-corrected chi connectivity index (χ1v) is 8.85. The molecule has 0 aliphatic heterocycles. The Labute approximate surface area is 154 Å². The van der Waals surface area contributed by atoms with Crippen LogP contribution in [0.15, 0.2) is 70.6 Å². The Bertz CT molecular complexity index is 994. The van der Waals surface area contributed by atoms with Crippen molar-refractivity contribution >= 4 is 17.6 Å². The van der Waals surface area contributed by atoms with Crippen LogP contribution in [0.5, 0.6) is 0 Å². The van der Waals surface area contributed by atoms with Gasteiger partial charge in [-0.3, -0.25) is 4.99 Å². The molecular formula is C20H17F2N3S. The van der Waals surface area contributed by atoms with Gasteiger partial charge < -0.3 is 0 Å². The zero-order valence-electron chi connectivity index (χ0n) is 14.2. The van der Waals surface area contributed by atoms with Gasteiger partial charge in [0.1, 0.15) is 11.6 Å². The highest BCUT2D eigenvalue weighted by molar-refractivity contribution is 7.07. The predicted octanol–water partition coefficient (Wildman–Crippen LogP) is 4.77. The molecule has 2 aromatic carbocycles. The SMILES string of the molecule is C=CCN=c1scc(-c2ccc(C)cc2)n1N=Cc1c(F)cccc1F. The van der Waals surface area contributed by atoms with Crippen molar-refractivity contribution in [3.63, 3.8) is 0 Å². The summed E-state index contributed by atoms with van der Waals surface area (Å²) in [6, 6.07) is 11.7. The molecule has 132 valence electrons. The summed E-state index contributed by atoms with van der Waals surface area (Å²) in [4.78, 5) is 5.03. The fourth-order valence-corrected chi connectivity index (χ4v) is 3.18. The van der Waals surface area contributed by atoms with E-state index in [9.17, 15) is 8.78 Å². The van der Waals surface area contributed by atoms with Crippen molar-refractivity contribution in [1.82, 2.24) is 4.68 Å². The number of hydrogen-bond acceptors (Lipinski definition) is 3. The van der Waals surface area contributed by atoms with E-state index in [0.29, 0.717) is 11.3 Å². The highest BCUT2D eigenvalue weighted by Crippen LogP contribution is 2.21. The molecule has 6 heteroatoms.